The quantitative estimate of drug-likeness (QED) is 0.709. The molecule has 0 aliphatic carbocycles. The van der Waals surface area contributed by atoms with Gasteiger partial charge in [-0.2, -0.15) is 11.8 Å². The summed E-state index contributed by atoms with van der Waals surface area (Å²) in [6, 6.07) is -0.242. The van der Waals surface area contributed by atoms with Crippen LogP contribution in [0.25, 0.3) is 0 Å². The third kappa shape index (κ3) is 4.20. The molecule has 2 amide bonds. The van der Waals surface area contributed by atoms with Crippen LogP contribution in [0.3, 0.4) is 0 Å². The number of nitrogens with zero attached hydrogens (tertiary/aromatic N) is 2. The molecule has 0 aromatic carbocycles. The van der Waals surface area contributed by atoms with Gasteiger partial charge in [-0.1, -0.05) is 13.8 Å². The van der Waals surface area contributed by atoms with Crippen LogP contribution in [0.15, 0.2) is 0 Å². The zero-order valence-corrected chi connectivity index (χ0v) is 14.0. The van der Waals surface area contributed by atoms with Gasteiger partial charge in [-0.05, 0) is 12.8 Å². The van der Waals surface area contributed by atoms with Gasteiger partial charge in [0, 0.05) is 43.7 Å². The van der Waals surface area contributed by atoms with E-state index in [1.165, 1.54) is 16.4 Å². The lowest BCUT2D eigenvalue weighted by Crippen LogP contribution is -2.45. The second-order valence-corrected chi connectivity index (χ2v) is 6.96. The number of likely N-dealkylation sites (tertiary alicyclic amines) is 1. The molecule has 0 spiro atoms. The Kier molecular flexibility index (Phi) is 6.51. The molecule has 5 nitrogen and oxygen atoms in total. The Morgan fingerprint density at radius 2 is 1.90 bits per heavy atom. The summed E-state index contributed by atoms with van der Waals surface area (Å²) in [6.45, 7) is 8.07. The Bertz CT molecular complexity index is 368. The van der Waals surface area contributed by atoms with Crippen LogP contribution in [-0.4, -0.2) is 71.4 Å². The second kappa shape index (κ2) is 8.15. The molecule has 2 heterocycles. The van der Waals surface area contributed by atoms with Crippen molar-refractivity contribution in [2.24, 2.45) is 0 Å². The molecule has 2 rings (SSSR count). The van der Waals surface area contributed by atoms with Crippen molar-refractivity contribution in [1.29, 1.82) is 0 Å². The van der Waals surface area contributed by atoms with Gasteiger partial charge >= 0.3 is 0 Å². The Labute approximate surface area is 131 Å². The Morgan fingerprint density at radius 3 is 2.52 bits per heavy atom. The molecule has 21 heavy (non-hydrogen) atoms. The largest absolute Gasteiger partial charge is 0.304 e. The van der Waals surface area contributed by atoms with Gasteiger partial charge in [0.25, 0.3) is 0 Å². The third-order valence-electron chi connectivity index (χ3n) is 4.41. The van der Waals surface area contributed by atoms with Crippen molar-refractivity contribution in [1.82, 2.24) is 15.1 Å². The van der Waals surface area contributed by atoms with Gasteiger partial charge < -0.3 is 10.2 Å². The Hall–Kier alpha value is -0.590. The molecule has 1 unspecified atom stereocenters. The SMILES string of the molecule is CCC(CC)N1C(=O)CC(NCCN2CCSCC2)C1=O. The first-order valence-corrected chi connectivity index (χ1v) is 9.22. The lowest BCUT2D eigenvalue weighted by Gasteiger charge is -2.27. The number of nitrogens with one attached hydrogen (secondary N) is 1. The maximum Gasteiger partial charge on any atom is 0.247 e. The highest BCUT2D eigenvalue weighted by Crippen LogP contribution is 2.20. The average Bonchev–Trinajstić information content (AvgIpc) is 2.78. The van der Waals surface area contributed by atoms with Crippen LogP contribution in [-0.2, 0) is 9.59 Å². The summed E-state index contributed by atoms with van der Waals surface area (Å²) >= 11 is 2.00. The van der Waals surface area contributed by atoms with Crippen molar-refractivity contribution in [2.75, 3.05) is 37.7 Å². The predicted molar refractivity (Wildman–Crippen MR) is 86.4 cm³/mol. The first kappa shape index (κ1) is 16.8. The fourth-order valence-electron chi connectivity index (χ4n) is 3.07. The van der Waals surface area contributed by atoms with Crippen molar-refractivity contribution in [2.45, 2.75) is 45.2 Å². The maximum atomic E-state index is 12.4. The minimum atomic E-state index is -0.308. The predicted octanol–water partition coefficient (Wildman–Crippen LogP) is 0.941. The number of hydrogen-bond donors (Lipinski definition) is 1. The van der Waals surface area contributed by atoms with E-state index < -0.39 is 0 Å². The molecule has 0 radical (unpaired) electrons. The molecule has 2 saturated heterocycles. The lowest BCUT2D eigenvalue weighted by molar-refractivity contribution is -0.141. The molecule has 0 bridgehead atoms. The first-order valence-electron chi connectivity index (χ1n) is 8.06. The van der Waals surface area contributed by atoms with Crippen LogP contribution >= 0.6 is 11.8 Å². The molecule has 6 heteroatoms. The highest BCUT2D eigenvalue weighted by atomic mass is 32.2. The van der Waals surface area contributed by atoms with Gasteiger partial charge in [0.05, 0.1) is 12.5 Å². The molecule has 0 aromatic heterocycles. The van der Waals surface area contributed by atoms with E-state index in [9.17, 15) is 9.59 Å². The molecule has 0 aromatic rings. The first-order chi connectivity index (χ1) is 10.2. The van der Waals surface area contributed by atoms with Gasteiger partial charge in [0.1, 0.15) is 0 Å². The van der Waals surface area contributed by atoms with E-state index >= 15 is 0 Å². The lowest BCUT2D eigenvalue weighted by atomic mass is 10.1. The summed E-state index contributed by atoms with van der Waals surface area (Å²) < 4.78 is 0. The van der Waals surface area contributed by atoms with Gasteiger partial charge in [-0.25, -0.2) is 0 Å². The van der Waals surface area contributed by atoms with Gasteiger partial charge in [-0.15, -0.1) is 0 Å². The maximum absolute atomic E-state index is 12.4. The van der Waals surface area contributed by atoms with Crippen molar-refractivity contribution in [3.8, 4) is 0 Å². The molecular weight excluding hydrogens is 286 g/mol. The second-order valence-electron chi connectivity index (χ2n) is 5.74. The van der Waals surface area contributed by atoms with E-state index in [4.69, 9.17) is 0 Å². The van der Waals surface area contributed by atoms with Crippen molar-refractivity contribution in [3.63, 3.8) is 0 Å². The topological polar surface area (TPSA) is 52.7 Å². The average molecular weight is 313 g/mol. The number of rotatable bonds is 7. The van der Waals surface area contributed by atoms with Gasteiger partial charge in [-0.3, -0.25) is 14.5 Å². The molecular formula is C15H27N3O2S. The van der Waals surface area contributed by atoms with Crippen LogP contribution in [0, 0.1) is 0 Å². The summed E-state index contributed by atoms with van der Waals surface area (Å²) in [5.74, 6) is 2.36. The third-order valence-corrected chi connectivity index (χ3v) is 5.36. The molecule has 120 valence electrons. The van der Waals surface area contributed by atoms with E-state index in [0.29, 0.717) is 6.42 Å². The summed E-state index contributed by atoms with van der Waals surface area (Å²) in [7, 11) is 0. The monoisotopic (exact) mass is 313 g/mol. The number of carbonyl (C=O) groups excluding carboxylic acids is 2. The number of carbonyl (C=O) groups is 2. The van der Waals surface area contributed by atoms with Crippen molar-refractivity contribution < 1.29 is 9.59 Å². The molecule has 0 saturated carbocycles. The van der Waals surface area contributed by atoms with E-state index in [1.54, 1.807) is 0 Å². The van der Waals surface area contributed by atoms with Gasteiger partial charge in [0.2, 0.25) is 11.8 Å². The van der Waals surface area contributed by atoms with Crippen LogP contribution in [0.4, 0.5) is 0 Å². The molecule has 2 fully saturated rings. The molecule has 2 aliphatic heterocycles. The summed E-state index contributed by atoms with van der Waals surface area (Å²) in [4.78, 5) is 28.4. The molecule has 1 atom stereocenters. The van der Waals surface area contributed by atoms with E-state index in [1.807, 2.05) is 25.6 Å². The summed E-state index contributed by atoms with van der Waals surface area (Å²) in [6.07, 6.45) is 2.00. The minimum absolute atomic E-state index is 0.0134. The number of imide groups is 1. The van der Waals surface area contributed by atoms with Crippen LogP contribution in [0.1, 0.15) is 33.1 Å². The number of amides is 2. The number of thioether (sulfide) groups is 1. The van der Waals surface area contributed by atoms with Crippen LogP contribution in [0.2, 0.25) is 0 Å². The standard InChI is InChI=1S/C15H27N3O2S/c1-3-12(4-2)18-14(19)11-13(15(18)20)16-5-6-17-7-9-21-10-8-17/h12-13,16H,3-11H2,1-2H3. The van der Waals surface area contributed by atoms with E-state index in [-0.39, 0.29) is 23.9 Å². The zero-order chi connectivity index (χ0) is 15.2. The summed E-state index contributed by atoms with van der Waals surface area (Å²) in [5, 5.41) is 3.28. The Morgan fingerprint density at radius 1 is 1.24 bits per heavy atom. The van der Waals surface area contributed by atoms with Crippen LogP contribution < -0.4 is 5.32 Å². The smallest absolute Gasteiger partial charge is 0.247 e. The normalized spacial score (nSPS) is 24.3. The fourth-order valence-corrected chi connectivity index (χ4v) is 4.05. The van der Waals surface area contributed by atoms with E-state index in [2.05, 4.69) is 10.2 Å². The Balaban J connectivity index is 1.79. The van der Waals surface area contributed by atoms with Crippen molar-refractivity contribution in [3.05, 3.63) is 0 Å². The molecule has 2 aliphatic rings. The zero-order valence-electron chi connectivity index (χ0n) is 13.1. The van der Waals surface area contributed by atoms with E-state index in [0.717, 1.165) is 39.0 Å². The number of hydrogen-bond acceptors (Lipinski definition) is 5. The molecule has 1 N–H and O–H groups in total. The summed E-state index contributed by atoms with van der Waals surface area (Å²) in [5.41, 5.74) is 0. The highest BCUT2D eigenvalue weighted by molar-refractivity contribution is 7.99. The minimum Gasteiger partial charge on any atom is -0.304 e. The van der Waals surface area contributed by atoms with Crippen molar-refractivity contribution >= 4 is 23.6 Å². The highest BCUT2D eigenvalue weighted by Gasteiger charge is 2.40. The van der Waals surface area contributed by atoms with Gasteiger partial charge in [0.15, 0.2) is 0 Å². The fraction of sp³-hybridized carbons (Fsp3) is 0.867. The van der Waals surface area contributed by atoms with Crippen LogP contribution in [0.5, 0.6) is 0 Å².